The van der Waals surface area contributed by atoms with E-state index in [1.54, 1.807) is 0 Å². The van der Waals surface area contributed by atoms with Crippen LogP contribution in [-0.4, -0.2) is 13.5 Å². The quantitative estimate of drug-likeness (QED) is 0.688. The lowest BCUT2D eigenvalue weighted by molar-refractivity contribution is 0.285. The summed E-state index contributed by atoms with van der Waals surface area (Å²) in [5.41, 5.74) is 4.77. The Hall–Kier alpha value is -3.14. The molecule has 2 heterocycles. The topological polar surface area (TPSA) is 24.9 Å². The summed E-state index contributed by atoms with van der Waals surface area (Å²) in [5, 5.41) is 0. The van der Waals surface area contributed by atoms with E-state index in [9.17, 15) is 0 Å². The maximum Gasteiger partial charge on any atom is 0.161 e. The van der Waals surface area contributed by atoms with Crippen LogP contribution in [0.5, 0.6) is 11.5 Å². The number of hydrogen-bond acceptors (Lipinski definition) is 4. The number of benzene rings is 3. The summed E-state index contributed by atoms with van der Waals surface area (Å²) < 4.78 is 11.9. The fourth-order valence-electron chi connectivity index (χ4n) is 3.57. The van der Waals surface area contributed by atoms with Gasteiger partial charge in [0.05, 0.1) is 0 Å². The van der Waals surface area contributed by atoms with Gasteiger partial charge in [-0.3, -0.25) is 0 Å². The fourth-order valence-corrected chi connectivity index (χ4v) is 3.57. The number of hydrogen-bond donors (Lipinski definition) is 0. The average Bonchev–Trinajstić information content (AvgIpc) is 2.73. The standard InChI is InChI=1S/C22H20N2O2/c1-2-7-19(8-3-1)23-14-18-12-20(10-11-22(18)26-15-23)24-13-17-6-4-5-9-21(17)25-16-24/h1-12H,13-16H2. The second-order valence-electron chi connectivity index (χ2n) is 6.68. The molecule has 0 unspecified atom stereocenters. The van der Waals surface area contributed by atoms with Crippen LogP contribution in [0, 0.1) is 0 Å². The second-order valence-corrected chi connectivity index (χ2v) is 6.68. The van der Waals surface area contributed by atoms with Crippen molar-refractivity contribution in [1.29, 1.82) is 0 Å². The lowest BCUT2D eigenvalue weighted by Gasteiger charge is -2.34. The zero-order valence-electron chi connectivity index (χ0n) is 14.5. The number of anilines is 2. The minimum absolute atomic E-state index is 0.569. The van der Waals surface area contributed by atoms with Gasteiger partial charge in [0.2, 0.25) is 0 Å². The van der Waals surface area contributed by atoms with Gasteiger partial charge in [0, 0.05) is 35.6 Å². The van der Waals surface area contributed by atoms with Crippen molar-refractivity contribution in [2.75, 3.05) is 23.3 Å². The molecule has 0 aliphatic carbocycles. The molecule has 3 aromatic carbocycles. The largest absolute Gasteiger partial charge is 0.473 e. The Bertz CT molecular complexity index is 926. The highest BCUT2D eigenvalue weighted by molar-refractivity contribution is 5.57. The molecular formula is C22H20N2O2. The van der Waals surface area contributed by atoms with Crippen molar-refractivity contribution in [2.24, 2.45) is 0 Å². The first-order valence-electron chi connectivity index (χ1n) is 8.88. The maximum atomic E-state index is 5.97. The van der Waals surface area contributed by atoms with Crippen molar-refractivity contribution in [3.05, 3.63) is 83.9 Å². The van der Waals surface area contributed by atoms with Crippen LogP contribution < -0.4 is 19.3 Å². The van der Waals surface area contributed by atoms with E-state index in [0.717, 1.165) is 30.3 Å². The molecule has 0 radical (unpaired) electrons. The van der Waals surface area contributed by atoms with Gasteiger partial charge in [0.15, 0.2) is 13.5 Å². The Morgan fingerprint density at radius 2 is 1.23 bits per heavy atom. The molecular weight excluding hydrogens is 324 g/mol. The van der Waals surface area contributed by atoms with Crippen LogP contribution in [0.3, 0.4) is 0 Å². The summed E-state index contributed by atoms with van der Waals surface area (Å²) in [6.07, 6.45) is 0. The van der Waals surface area contributed by atoms with Gasteiger partial charge < -0.3 is 19.3 Å². The molecule has 0 saturated carbocycles. The summed E-state index contributed by atoms with van der Waals surface area (Å²) in [6, 6.07) is 25.0. The first-order valence-corrected chi connectivity index (χ1v) is 8.88. The summed E-state index contributed by atoms with van der Waals surface area (Å²) >= 11 is 0. The van der Waals surface area contributed by atoms with Crippen LogP contribution in [0.4, 0.5) is 11.4 Å². The van der Waals surface area contributed by atoms with E-state index in [2.05, 4.69) is 64.4 Å². The van der Waals surface area contributed by atoms with Gasteiger partial charge in [-0.1, -0.05) is 36.4 Å². The van der Waals surface area contributed by atoms with Crippen molar-refractivity contribution in [3.8, 4) is 11.5 Å². The molecule has 0 N–H and O–H groups in total. The number of nitrogens with zero attached hydrogens (tertiary/aromatic N) is 2. The molecule has 0 spiro atoms. The third kappa shape index (κ3) is 2.73. The lowest BCUT2D eigenvalue weighted by Crippen LogP contribution is -2.33. The van der Waals surface area contributed by atoms with Gasteiger partial charge in [-0.15, -0.1) is 0 Å². The molecule has 2 aliphatic heterocycles. The fraction of sp³-hybridized carbons (Fsp3) is 0.182. The molecule has 26 heavy (non-hydrogen) atoms. The second kappa shape index (κ2) is 6.30. The predicted molar refractivity (Wildman–Crippen MR) is 103 cm³/mol. The summed E-state index contributed by atoms with van der Waals surface area (Å²) in [4.78, 5) is 4.50. The highest BCUT2D eigenvalue weighted by atomic mass is 16.5. The van der Waals surface area contributed by atoms with Gasteiger partial charge in [0.1, 0.15) is 11.5 Å². The Labute approximate surface area is 153 Å². The van der Waals surface area contributed by atoms with Crippen LogP contribution in [-0.2, 0) is 13.1 Å². The Morgan fingerprint density at radius 1 is 0.577 bits per heavy atom. The van der Waals surface area contributed by atoms with E-state index in [4.69, 9.17) is 9.47 Å². The first-order chi connectivity index (χ1) is 12.9. The molecule has 0 fully saturated rings. The van der Waals surface area contributed by atoms with E-state index in [1.807, 2.05) is 18.2 Å². The van der Waals surface area contributed by atoms with Crippen LogP contribution in [0.1, 0.15) is 11.1 Å². The van der Waals surface area contributed by atoms with E-state index < -0.39 is 0 Å². The van der Waals surface area contributed by atoms with E-state index in [1.165, 1.54) is 16.8 Å². The summed E-state index contributed by atoms with van der Waals surface area (Å²) in [7, 11) is 0. The van der Waals surface area contributed by atoms with Crippen LogP contribution in [0.25, 0.3) is 0 Å². The summed E-state index contributed by atoms with van der Waals surface area (Å²) in [6.45, 7) is 2.85. The van der Waals surface area contributed by atoms with E-state index in [0.29, 0.717) is 13.5 Å². The van der Waals surface area contributed by atoms with Crippen LogP contribution in [0.15, 0.2) is 72.8 Å². The van der Waals surface area contributed by atoms with Gasteiger partial charge in [-0.25, -0.2) is 0 Å². The highest BCUT2D eigenvalue weighted by Gasteiger charge is 2.21. The lowest BCUT2D eigenvalue weighted by atomic mass is 10.1. The van der Waals surface area contributed by atoms with Crippen LogP contribution >= 0.6 is 0 Å². The normalized spacial score (nSPS) is 15.5. The zero-order chi connectivity index (χ0) is 17.3. The number of rotatable bonds is 2. The third-order valence-electron chi connectivity index (χ3n) is 4.98. The molecule has 2 aliphatic rings. The molecule has 3 aromatic rings. The molecule has 0 amide bonds. The van der Waals surface area contributed by atoms with Gasteiger partial charge >= 0.3 is 0 Å². The van der Waals surface area contributed by atoms with E-state index in [-0.39, 0.29) is 0 Å². The van der Waals surface area contributed by atoms with Crippen molar-refractivity contribution >= 4 is 11.4 Å². The van der Waals surface area contributed by atoms with Crippen molar-refractivity contribution in [1.82, 2.24) is 0 Å². The molecule has 0 aromatic heterocycles. The smallest absolute Gasteiger partial charge is 0.161 e. The Balaban J connectivity index is 1.40. The molecule has 4 nitrogen and oxygen atoms in total. The third-order valence-corrected chi connectivity index (χ3v) is 4.98. The zero-order valence-corrected chi connectivity index (χ0v) is 14.5. The van der Waals surface area contributed by atoms with Crippen LogP contribution in [0.2, 0.25) is 0 Å². The molecule has 130 valence electrons. The SMILES string of the molecule is c1ccc(N2COc3ccc(N4COc5ccccc5C4)cc3C2)cc1. The maximum absolute atomic E-state index is 5.97. The summed E-state index contributed by atoms with van der Waals surface area (Å²) in [5.74, 6) is 1.96. The Kier molecular flexibility index (Phi) is 3.67. The van der Waals surface area contributed by atoms with Gasteiger partial charge in [-0.2, -0.15) is 0 Å². The van der Waals surface area contributed by atoms with Gasteiger partial charge in [-0.05, 0) is 36.4 Å². The van der Waals surface area contributed by atoms with Crippen molar-refractivity contribution < 1.29 is 9.47 Å². The molecule has 0 atom stereocenters. The molecule has 0 saturated heterocycles. The monoisotopic (exact) mass is 344 g/mol. The number of fused-ring (bicyclic) bond motifs is 2. The molecule has 5 rings (SSSR count). The van der Waals surface area contributed by atoms with Gasteiger partial charge in [0.25, 0.3) is 0 Å². The first kappa shape index (κ1) is 15.1. The Morgan fingerprint density at radius 3 is 2.08 bits per heavy atom. The molecule has 0 bridgehead atoms. The number of para-hydroxylation sites is 2. The minimum atomic E-state index is 0.569. The predicted octanol–water partition coefficient (Wildman–Crippen LogP) is 4.40. The number of ether oxygens (including phenoxy) is 2. The van der Waals surface area contributed by atoms with Crippen molar-refractivity contribution in [3.63, 3.8) is 0 Å². The highest BCUT2D eigenvalue weighted by Crippen LogP contribution is 2.34. The minimum Gasteiger partial charge on any atom is -0.473 e. The molecule has 4 heteroatoms. The average molecular weight is 344 g/mol. The van der Waals surface area contributed by atoms with E-state index >= 15 is 0 Å². The van der Waals surface area contributed by atoms with Crippen molar-refractivity contribution in [2.45, 2.75) is 13.1 Å².